The SMILES string of the molecule is O=C1CCCN1CCc1ccc(S(=O)(=O)NCCc2ccccc2O)cc1. The number of rotatable bonds is 8. The van der Waals surface area contributed by atoms with Gasteiger partial charge in [0.25, 0.3) is 0 Å². The van der Waals surface area contributed by atoms with Crippen LogP contribution < -0.4 is 4.72 Å². The van der Waals surface area contributed by atoms with Crippen LogP contribution in [-0.4, -0.2) is 44.0 Å². The van der Waals surface area contributed by atoms with Gasteiger partial charge in [-0.2, -0.15) is 0 Å². The monoisotopic (exact) mass is 388 g/mol. The number of phenols is 1. The lowest BCUT2D eigenvalue weighted by Gasteiger charge is -2.15. The summed E-state index contributed by atoms with van der Waals surface area (Å²) in [5, 5.41) is 9.73. The number of nitrogens with zero attached hydrogens (tertiary/aromatic N) is 1. The van der Waals surface area contributed by atoms with E-state index in [0.717, 1.165) is 18.5 Å². The van der Waals surface area contributed by atoms with E-state index < -0.39 is 10.0 Å². The highest BCUT2D eigenvalue weighted by Crippen LogP contribution is 2.17. The van der Waals surface area contributed by atoms with E-state index in [1.54, 1.807) is 48.5 Å². The van der Waals surface area contributed by atoms with Gasteiger partial charge in [-0.15, -0.1) is 0 Å². The van der Waals surface area contributed by atoms with Crippen molar-refractivity contribution in [2.75, 3.05) is 19.6 Å². The van der Waals surface area contributed by atoms with Gasteiger partial charge < -0.3 is 10.0 Å². The molecular weight excluding hydrogens is 364 g/mol. The van der Waals surface area contributed by atoms with Crippen LogP contribution in [0.5, 0.6) is 5.75 Å². The fraction of sp³-hybridized carbons (Fsp3) is 0.350. The number of carbonyl (C=O) groups is 1. The van der Waals surface area contributed by atoms with E-state index in [1.165, 1.54) is 0 Å². The fourth-order valence-corrected chi connectivity index (χ4v) is 4.20. The lowest BCUT2D eigenvalue weighted by molar-refractivity contribution is -0.127. The molecule has 1 aliphatic rings. The van der Waals surface area contributed by atoms with Crippen LogP contribution >= 0.6 is 0 Å². The van der Waals surface area contributed by atoms with Crippen molar-refractivity contribution in [3.8, 4) is 5.75 Å². The van der Waals surface area contributed by atoms with Crippen molar-refractivity contribution in [1.29, 1.82) is 0 Å². The number of hydrogen-bond acceptors (Lipinski definition) is 4. The minimum atomic E-state index is -3.60. The largest absolute Gasteiger partial charge is 0.508 e. The van der Waals surface area contributed by atoms with E-state index in [0.29, 0.717) is 31.4 Å². The van der Waals surface area contributed by atoms with Crippen LogP contribution in [0.25, 0.3) is 0 Å². The van der Waals surface area contributed by atoms with Crippen molar-refractivity contribution in [3.05, 3.63) is 59.7 Å². The van der Waals surface area contributed by atoms with E-state index in [-0.39, 0.29) is 23.1 Å². The predicted molar refractivity (Wildman–Crippen MR) is 103 cm³/mol. The summed E-state index contributed by atoms with van der Waals surface area (Å²) in [6.45, 7) is 1.69. The Morgan fingerprint density at radius 3 is 2.44 bits per heavy atom. The molecule has 2 aromatic rings. The molecule has 0 spiro atoms. The second-order valence-corrected chi connectivity index (χ2v) is 8.42. The van der Waals surface area contributed by atoms with Crippen molar-refractivity contribution < 1.29 is 18.3 Å². The highest BCUT2D eigenvalue weighted by molar-refractivity contribution is 7.89. The van der Waals surface area contributed by atoms with Crippen molar-refractivity contribution >= 4 is 15.9 Å². The number of nitrogens with one attached hydrogen (secondary N) is 1. The number of para-hydroxylation sites is 1. The average Bonchev–Trinajstić information content (AvgIpc) is 3.07. The summed E-state index contributed by atoms with van der Waals surface area (Å²) in [6, 6.07) is 13.6. The standard InChI is InChI=1S/C20H24N2O4S/c23-19-5-2-1-4-17(19)11-13-21-27(25,26)18-9-7-16(8-10-18)12-15-22-14-3-6-20(22)24/h1-2,4-5,7-10,21,23H,3,6,11-15H2. The molecule has 0 aliphatic carbocycles. The van der Waals surface area contributed by atoms with Crippen molar-refractivity contribution in [1.82, 2.24) is 9.62 Å². The Balaban J connectivity index is 1.53. The van der Waals surface area contributed by atoms with Gasteiger partial charge in [-0.25, -0.2) is 13.1 Å². The molecule has 1 aliphatic heterocycles. The zero-order valence-corrected chi connectivity index (χ0v) is 15.9. The second kappa shape index (κ2) is 8.54. The van der Waals surface area contributed by atoms with Crippen LogP contribution in [0.2, 0.25) is 0 Å². The fourth-order valence-electron chi connectivity index (χ4n) is 3.17. The average molecular weight is 388 g/mol. The van der Waals surface area contributed by atoms with E-state index in [4.69, 9.17) is 0 Å². The maximum absolute atomic E-state index is 12.4. The first-order valence-corrected chi connectivity index (χ1v) is 10.6. The molecule has 2 N–H and O–H groups in total. The van der Waals surface area contributed by atoms with Gasteiger partial charge in [0, 0.05) is 26.1 Å². The molecule has 144 valence electrons. The first kappa shape index (κ1) is 19.4. The molecule has 0 unspecified atom stereocenters. The third-order valence-corrected chi connectivity index (χ3v) is 6.23. The maximum atomic E-state index is 12.4. The van der Waals surface area contributed by atoms with Gasteiger partial charge in [0.2, 0.25) is 15.9 Å². The number of phenolic OH excluding ortho intramolecular Hbond substituents is 1. The Morgan fingerprint density at radius 2 is 1.78 bits per heavy atom. The number of hydrogen-bond donors (Lipinski definition) is 2. The summed E-state index contributed by atoms with van der Waals surface area (Å²) in [6.07, 6.45) is 2.67. The molecule has 27 heavy (non-hydrogen) atoms. The lowest BCUT2D eigenvalue weighted by Crippen LogP contribution is -2.27. The zero-order chi connectivity index (χ0) is 19.3. The third-order valence-electron chi connectivity index (χ3n) is 4.75. The molecule has 1 saturated heterocycles. The minimum Gasteiger partial charge on any atom is -0.508 e. The van der Waals surface area contributed by atoms with Crippen molar-refractivity contribution in [3.63, 3.8) is 0 Å². The second-order valence-electron chi connectivity index (χ2n) is 6.65. The van der Waals surface area contributed by atoms with Crippen LogP contribution in [-0.2, 0) is 27.7 Å². The third kappa shape index (κ3) is 5.08. The Hall–Kier alpha value is -2.38. The Bertz CT molecular complexity index is 894. The number of aromatic hydroxyl groups is 1. The van der Waals surface area contributed by atoms with Gasteiger partial charge in [-0.1, -0.05) is 30.3 Å². The Kier molecular flexibility index (Phi) is 6.13. The molecule has 2 aromatic carbocycles. The maximum Gasteiger partial charge on any atom is 0.240 e. The van der Waals surface area contributed by atoms with Crippen LogP contribution in [0.15, 0.2) is 53.4 Å². The number of sulfonamides is 1. The minimum absolute atomic E-state index is 0.164. The molecule has 3 rings (SSSR count). The van der Waals surface area contributed by atoms with Gasteiger partial charge >= 0.3 is 0 Å². The van der Waals surface area contributed by atoms with Gasteiger partial charge in [0.05, 0.1) is 4.90 Å². The number of carbonyl (C=O) groups excluding carboxylic acids is 1. The van der Waals surface area contributed by atoms with Crippen LogP contribution in [0.3, 0.4) is 0 Å². The zero-order valence-electron chi connectivity index (χ0n) is 15.1. The normalized spacial score (nSPS) is 14.7. The summed E-state index contributed by atoms with van der Waals surface area (Å²) < 4.78 is 27.4. The quantitative estimate of drug-likeness (QED) is 0.725. The summed E-state index contributed by atoms with van der Waals surface area (Å²) in [4.78, 5) is 13.7. The lowest BCUT2D eigenvalue weighted by atomic mass is 10.1. The molecule has 6 nitrogen and oxygen atoms in total. The topological polar surface area (TPSA) is 86.7 Å². The van der Waals surface area contributed by atoms with Gasteiger partial charge in [-0.05, 0) is 48.6 Å². The molecular formula is C20H24N2O4S. The van der Waals surface area contributed by atoms with Crippen LogP contribution in [0, 0.1) is 0 Å². The van der Waals surface area contributed by atoms with Gasteiger partial charge in [-0.3, -0.25) is 4.79 Å². The van der Waals surface area contributed by atoms with Gasteiger partial charge in [0.15, 0.2) is 0 Å². The van der Waals surface area contributed by atoms with E-state index in [1.807, 2.05) is 4.90 Å². The molecule has 0 bridgehead atoms. The Labute approximate surface area is 159 Å². The predicted octanol–water partition coefficient (Wildman–Crippen LogP) is 2.08. The Morgan fingerprint density at radius 1 is 1.04 bits per heavy atom. The first-order chi connectivity index (χ1) is 13.0. The number of benzene rings is 2. The van der Waals surface area contributed by atoms with Crippen molar-refractivity contribution in [2.45, 2.75) is 30.6 Å². The summed E-state index contributed by atoms with van der Waals surface area (Å²) >= 11 is 0. The van der Waals surface area contributed by atoms with E-state index in [9.17, 15) is 18.3 Å². The molecule has 0 saturated carbocycles. The highest BCUT2D eigenvalue weighted by Gasteiger charge is 2.19. The molecule has 1 heterocycles. The summed E-state index contributed by atoms with van der Waals surface area (Å²) in [5.41, 5.74) is 1.70. The molecule has 0 atom stereocenters. The number of likely N-dealkylation sites (tertiary alicyclic amines) is 1. The molecule has 0 aromatic heterocycles. The summed E-state index contributed by atoms with van der Waals surface area (Å²) in [7, 11) is -3.60. The first-order valence-electron chi connectivity index (χ1n) is 9.09. The highest BCUT2D eigenvalue weighted by atomic mass is 32.2. The van der Waals surface area contributed by atoms with Crippen LogP contribution in [0.4, 0.5) is 0 Å². The smallest absolute Gasteiger partial charge is 0.240 e. The van der Waals surface area contributed by atoms with Crippen LogP contribution in [0.1, 0.15) is 24.0 Å². The number of amides is 1. The molecule has 0 radical (unpaired) electrons. The van der Waals surface area contributed by atoms with E-state index >= 15 is 0 Å². The van der Waals surface area contributed by atoms with E-state index in [2.05, 4.69) is 4.72 Å². The van der Waals surface area contributed by atoms with Gasteiger partial charge in [0.1, 0.15) is 5.75 Å². The molecule has 1 amide bonds. The van der Waals surface area contributed by atoms with Crippen molar-refractivity contribution in [2.24, 2.45) is 0 Å². The summed E-state index contributed by atoms with van der Waals surface area (Å²) in [5.74, 6) is 0.361. The molecule has 1 fully saturated rings. The molecule has 7 heteroatoms.